The second kappa shape index (κ2) is 8.75. The zero-order valence-corrected chi connectivity index (χ0v) is 18.4. The van der Waals surface area contributed by atoms with Crippen LogP contribution in [0.1, 0.15) is 29.6 Å². The maximum atomic E-state index is 13.4. The van der Waals surface area contributed by atoms with Gasteiger partial charge in [0.15, 0.2) is 10.9 Å². The standard InChI is InChI=1S/C26H21FN2O3S/c27-18-10-13-22-23(14-18)33-26(29-22)28-19-11-8-16(9-12-19)15-4-6-17(7-5-15)24(30)20-2-1-3-21(20)25(31)32/h4-14,20-21H,1-3H2,(H,28,29)(H,31,32)/t20-,21-/m1/s1. The zero-order chi connectivity index (χ0) is 22.9. The third kappa shape index (κ3) is 4.36. The molecule has 0 unspecified atom stereocenters. The Morgan fingerprint density at radius 2 is 1.61 bits per heavy atom. The van der Waals surface area contributed by atoms with E-state index in [0.717, 1.165) is 33.5 Å². The SMILES string of the molecule is O=C(O)[C@@H]1CCC[C@H]1C(=O)c1ccc(-c2ccc(Nc3nc4ccc(F)cc4s3)cc2)cc1. The molecule has 1 heterocycles. The van der Waals surface area contributed by atoms with E-state index >= 15 is 0 Å². The molecule has 0 spiro atoms. The van der Waals surface area contributed by atoms with Crippen LogP contribution < -0.4 is 5.32 Å². The van der Waals surface area contributed by atoms with E-state index in [-0.39, 0.29) is 11.6 Å². The molecule has 0 amide bonds. The van der Waals surface area contributed by atoms with Crippen molar-refractivity contribution in [1.29, 1.82) is 0 Å². The third-order valence-corrected chi connectivity index (χ3v) is 7.09. The average Bonchev–Trinajstić information content (AvgIpc) is 3.46. The minimum Gasteiger partial charge on any atom is -0.481 e. The number of carboxylic acids is 1. The van der Waals surface area contributed by atoms with Crippen molar-refractivity contribution < 1.29 is 19.1 Å². The van der Waals surface area contributed by atoms with Crippen LogP contribution in [-0.4, -0.2) is 21.8 Å². The number of anilines is 2. The average molecular weight is 461 g/mol. The van der Waals surface area contributed by atoms with Crippen LogP contribution in [0, 0.1) is 17.7 Å². The van der Waals surface area contributed by atoms with E-state index in [1.807, 2.05) is 36.4 Å². The zero-order valence-electron chi connectivity index (χ0n) is 17.6. The molecule has 0 bridgehead atoms. The lowest BCUT2D eigenvalue weighted by Gasteiger charge is -2.14. The molecule has 2 N–H and O–H groups in total. The summed E-state index contributed by atoms with van der Waals surface area (Å²) in [5, 5.41) is 13.3. The smallest absolute Gasteiger partial charge is 0.307 e. The predicted molar refractivity (Wildman–Crippen MR) is 128 cm³/mol. The summed E-state index contributed by atoms with van der Waals surface area (Å²) in [6, 6.07) is 19.7. The quantitative estimate of drug-likeness (QED) is 0.320. The van der Waals surface area contributed by atoms with Crippen molar-refractivity contribution in [2.24, 2.45) is 11.8 Å². The van der Waals surface area contributed by atoms with Crippen molar-refractivity contribution in [2.45, 2.75) is 19.3 Å². The van der Waals surface area contributed by atoms with Crippen molar-refractivity contribution in [3.8, 4) is 11.1 Å². The first kappa shape index (κ1) is 21.3. The fourth-order valence-electron chi connectivity index (χ4n) is 4.43. The molecule has 33 heavy (non-hydrogen) atoms. The molecular formula is C26H21FN2O3S. The Morgan fingerprint density at radius 3 is 2.30 bits per heavy atom. The number of aromatic nitrogens is 1. The van der Waals surface area contributed by atoms with Crippen molar-refractivity contribution >= 4 is 44.1 Å². The van der Waals surface area contributed by atoms with E-state index in [9.17, 15) is 19.1 Å². The molecule has 2 atom stereocenters. The van der Waals surface area contributed by atoms with Crippen LogP contribution in [-0.2, 0) is 4.79 Å². The van der Waals surface area contributed by atoms with Gasteiger partial charge in [-0.15, -0.1) is 0 Å². The van der Waals surface area contributed by atoms with Gasteiger partial charge in [-0.05, 0) is 54.3 Å². The summed E-state index contributed by atoms with van der Waals surface area (Å²) in [6.07, 6.45) is 1.98. The van der Waals surface area contributed by atoms with E-state index in [1.54, 1.807) is 18.2 Å². The van der Waals surface area contributed by atoms with E-state index in [2.05, 4.69) is 10.3 Å². The Balaban J connectivity index is 1.29. The lowest BCUT2D eigenvalue weighted by molar-refractivity contribution is -0.142. The Morgan fingerprint density at radius 1 is 0.939 bits per heavy atom. The normalized spacial score (nSPS) is 17.8. The van der Waals surface area contributed by atoms with Gasteiger partial charge in [0, 0.05) is 17.2 Å². The number of hydrogen-bond donors (Lipinski definition) is 2. The van der Waals surface area contributed by atoms with Crippen LogP contribution in [0.3, 0.4) is 0 Å². The van der Waals surface area contributed by atoms with Crippen molar-refractivity contribution in [3.63, 3.8) is 0 Å². The van der Waals surface area contributed by atoms with Gasteiger partial charge in [-0.25, -0.2) is 9.37 Å². The summed E-state index contributed by atoms with van der Waals surface area (Å²) < 4.78 is 14.2. The van der Waals surface area contributed by atoms with Crippen LogP contribution in [0.2, 0.25) is 0 Å². The molecule has 7 heteroatoms. The number of nitrogens with one attached hydrogen (secondary N) is 1. The Labute approximate surface area is 193 Å². The topological polar surface area (TPSA) is 79.3 Å². The number of ketones is 1. The van der Waals surface area contributed by atoms with Gasteiger partial charge in [0.05, 0.1) is 16.1 Å². The number of benzene rings is 3. The maximum Gasteiger partial charge on any atom is 0.307 e. The molecule has 5 nitrogen and oxygen atoms in total. The minimum absolute atomic E-state index is 0.0817. The summed E-state index contributed by atoms with van der Waals surface area (Å²) in [6.45, 7) is 0. The van der Waals surface area contributed by atoms with Crippen LogP contribution in [0.15, 0.2) is 66.7 Å². The number of thiazole rings is 1. The first-order chi connectivity index (χ1) is 16.0. The second-order valence-corrected chi connectivity index (χ2v) is 9.29. The molecule has 0 radical (unpaired) electrons. The van der Waals surface area contributed by atoms with Gasteiger partial charge < -0.3 is 10.4 Å². The maximum absolute atomic E-state index is 13.4. The minimum atomic E-state index is -0.880. The molecule has 0 saturated heterocycles. The first-order valence-electron chi connectivity index (χ1n) is 10.8. The van der Waals surface area contributed by atoms with Gasteiger partial charge in [-0.2, -0.15) is 0 Å². The Hall–Kier alpha value is -3.58. The van der Waals surface area contributed by atoms with E-state index in [0.29, 0.717) is 23.5 Å². The molecule has 1 saturated carbocycles. The Bertz CT molecular complexity index is 1330. The van der Waals surface area contributed by atoms with Crippen LogP contribution in [0.25, 0.3) is 21.3 Å². The molecular weight excluding hydrogens is 439 g/mol. The Kier molecular flexibility index (Phi) is 5.64. The number of hydrogen-bond acceptors (Lipinski definition) is 5. The highest BCUT2D eigenvalue weighted by Crippen LogP contribution is 2.35. The van der Waals surface area contributed by atoms with E-state index in [4.69, 9.17) is 0 Å². The summed E-state index contributed by atoms with van der Waals surface area (Å²) in [4.78, 5) is 28.7. The fourth-order valence-corrected chi connectivity index (χ4v) is 5.34. The van der Waals surface area contributed by atoms with Crippen LogP contribution in [0.5, 0.6) is 0 Å². The molecule has 4 aromatic rings. The summed E-state index contributed by atoms with van der Waals surface area (Å²) in [5.41, 5.74) is 4.14. The highest BCUT2D eigenvalue weighted by atomic mass is 32.1. The van der Waals surface area contributed by atoms with Crippen molar-refractivity contribution in [3.05, 3.63) is 78.1 Å². The van der Waals surface area contributed by atoms with E-state index < -0.39 is 17.8 Å². The first-order valence-corrected chi connectivity index (χ1v) is 11.6. The number of halogens is 1. The summed E-state index contributed by atoms with van der Waals surface area (Å²) >= 11 is 1.39. The lowest BCUT2D eigenvalue weighted by atomic mass is 9.88. The van der Waals surface area contributed by atoms with Crippen molar-refractivity contribution in [2.75, 3.05) is 5.32 Å². The molecule has 1 aliphatic rings. The molecule has 0 aliphatic heterocycles. The predicted octanol–water partition coefficient (Wildman–Crippen LogP) is 6.53. The number of carboxylic acid groups (broad SMARTS) is 1. The van der Waals surface area contributed by atoms with Gasteiger partial charge in [-0.1, -0.05) is 54.2 Å². The van der Waals surface area contributed by atoms with Crippen molar-refractivity contribution in [1.82, 2.24) is 4.98 Å². The highest BCUT2D eigenvalue weighted by molar-refractivity contribution is 7.22. The molecule has 166 valence electrons. The van der Waals surface area contributed by atoms with Gasteiger partial charge in [0.2, 0.25) is 0 Å². The number of fused-ring (bicyclic) bond motifs is 1. The lowest BCUT2D eigenvalue weighted by Crippen LogP contribution is -2.25. The van der Waals surface area contributed by atoms with E-state index in [1.165, 1.54) is 23.5 Å². The monoisotopic (exact) mass is 460 g/mol. The second-order valence-electron chi connectivity index (χ2n) is 8.26. The molecule has 1 fully saturated rings. The van der Waals surface area contributed by atoms with Crippen LogP contribution >= 0.6 is 11.3 Å². The summed E-state index contributed by atoms with van der Waals surface area (Å²) in [7, 11) is 0. The number of carbonyl (C=O) groups excluding carboxylic acids is 1. The molecule has 3 aromatic carbocycles. The number of Topliss-reactive ketones (excluding diaryl/α,β-unsaturated/α-hetero) is 1. The highest BCUT2D eigenvalue weighted by Gasteiger charge is 2.37. The largest absolute Gasteiger partial charge is 0.481 e. The molecule has 1 aromatic heterocycles. The van der Waals surface area contributed by atoms with Crippen LogP contribution in [0.4, 0.5) is 15.2 Å². The third-order valence-electron chi connectivity index (χ3n) is 6.16. The van der Waals surface area contributed by atoms with Gasteiger partial charge in [0.1, 0.15) is 5.82 Å². The number of carbonyl (C=O) groups is 2. The molecule has 5 rings (SSSR count). The molecule has 1 aliphatic carbocycles. The number of aliphatic carboxylic acids is 1. The summed E-state index contributed by atoms with van der Waals surface area (Å²) in [5.74, 6) is -2.25. The van der Waals surface area contributed by atoms with Gasteiger partial charge >= 0.3 is 5.97 Å². The number of nitrogens with zero attached hydrogens (tertiary/aromatic N) is 1. The van der Waals surface area contributed by atoms with Gasteiger partial charge in [0.25, 0.3) is 0 Å². The fraction of sp³-hybridized carbons (Fsp3) is 0.192. The number of rotatable bonds is 6. The van der Waals surface area contributed by atoms with Gasteiger partial charge in [-0.3, -0.25) is 9.59 Å².